The smallest absolute Gasteiger partial charge is 0.237 e. The Bertz CT molecular complexity index is 1050. The highest BCUT2D eigenvalue weighted by molar-refractivity contribution is 5.90. The molecule has 2 aromatic carbocycles. The first-order chi connectivity index (χ1) is 21.4. The maximum atomic E-state index is 11.9. The molecule has 3 atom stereocenters. The summed E-state index contributed by atoms with van der Waals surface area (Å²) < 4.78 is 0. The van der Waals surface area contributed by atoms with Crippen molar-refractivity contribution >= 4 is 36.5 Å². The van der Waals surface area contributed by atoms with Crippen LogP contribution in [0.3, 0.4) is 0 Å². The molecule has 0 aromatic heterocycles. The van der Waals surface area contributed by atoms with Gasteiger partial charge in [-0.15, -0.1) is 0 Å². The molecular weight excluding hydrogens is 570 g/mol. The summed E-state index contributed by atoms with van der Waals surface area (Å²) in [5.74, 6) is 0.555. The van der Waals surface area contributed by atoms with E-state index in [-0.39, 0.29) is 24.3 Å². The number of carbonyl (C=O) groups excluding carboxylic acids is 5. The highest BCUT2D eigenvalue weighted by atomic mass is 16.2. The van der Waals surface area contributed by atoms with Gasteiger partial charge in [-0.3, -0.25) is 14.4 Å². The second kappa shape index (κ2) is 27.6. The van der Waals surface area contributed by atoms with Crippen molar-refractivity contribution in [2.45, 2.75) is 91.8 Å². The quantitative estimate of drug-likeness (QED) is 0.289. The highest BCUT2D eigenvalue weighted by Gasteiger charge is 2.14. The fourth-order valence-electron chi connectivity index (χ4n) is 3.91. The minimum Gasteiger partial charge on any atom is -0.372 e. The Labute approximate surface area is 270 Å². The summed E-state index contributed by atoms with van der Waals surface area (Å²) in [7, 11) is 3.88. The number of carbonyl (C=O) groups is 5. The van der Waals surface area contributed by atoms with Gasteiger partial charge in [-0.1, -0.05) is 56.3 Å². The first-order valence-electron chi connectivity index (χ1n) is 15.5. The maximum absolute atomic E-state index is 11.9. The molecule has 5 N–H and O–H groups in total. The van der Waals surface area contributed by atoms with E-state index in [0.29, 0.717) is 18.6 Å². The molecule has 0 aliphatic carbocycles. The normalized spacial score (nSPS) is 14.6. The number of aryl methyl sites for hydroxylation is 1. The number of nitrogens with two attached hydrogens (primary N) is 1. The summed E-state index contributed by atoms with van der Waals surface area (Å²) in [5, 5.41) is 8.23. The Balaban J connectivity index is 0. The van der Waals surface area contributed by atoms with Crippen LogP contribution in [0.15, 0.2) is 54.6 Å². The van der Waals surface area contributed by atoms with E-state index in [4.69, 9.17) is 9.59 Å². The third-order valence-electron chi connectivity index (χ3n) is 6.65. The summed E-state index contributed by atoms with van der Waals surface area (Å²) in [5.41, 5.74) is 7.55. The van der Waals surface area contributed by atoms with E-state index in [0.717, 1.165) is 30.9 Å². The lowest BCUT2D eigenvalue weighted by molar-refractivity contribution is -0.125. The zero-order chi connectivity index (χ0) is 34.6. The van der Waals surface area contributed by atoms with Crippen molar-refractivity contribution < 1.29 is 24.0 Å². The molecule has 10 nitrogen and oxygen atoms in total. The lowest BCUT2D eigenvalue weighted by Crippen LogP contribution is -2.44. The standard InChI is InChI=1S/C19H23NO.C7H14N2O2.C6H13N.C2H4O.CH3NO/c1-15(2)14-17-8-11-18(12-9-17)20-19(21)13-10-16-6-4-3-5-7-16;1-5(4-10)9-7(11)6(2)8-3;1-6-4-3-5-7(6)2;1-2-3;2-1-3/h3-9,11-12,15H,10,13-14H2,1-2H3,(H,20,21);4-6,8H,1-3H3,(H,9,11);6H,3-5H2,1-2H3;2H,1H3;1H,(H2,2,3). The molecule has 1 aliphatic heterocycles. The fraction of sp³-hybridized carbons (Fsp3) is 0.514. The summed E-state index contributed by atoms with van der Waals surface area (Å²) in [6.07, 6.45) is 6.85. The van der Waals surface area contributed by atoms with Crippen LogP contribution < -0.4 is 21.7 Å². The van der Waals surface area contributed by atoms with Gasteiger partial charge in [0.05, 0.1) is 12.1 Å². The molecule has 1 saturated heterocycles. The molecule has 3 amide bonds. The predicted octanol–water partition coefficient (Wildman–Crippen LogP) is 4.16. The molecule has 3 rings (SSSR count). The van der Waals surface area contributed by atoms with Gasteiger partial charge in [0.25, 0.3) is 0 Å². The van der Waals surface area contributed by atoms with Gasteiger partial charge in [-0.25, -0.2) is 0 Å². The molecule has 2 aromatic rings. The summed E-state index contributed by atoms with van der Waals surface area (Å²) in [6, 6.07) is 18.4. The van der Waals surface area contributed by atoms with Gasteiger partial charge >= 0.3 is 0 Å². The number of hydrogen-bond donors (Lipinski definition) is 4. The van der Waals surface area contributed by atoms with Crippen LogP contribution >= 0.6 is 0 Å². The van der Waals surface area contributed by atoms with Gasteiger partial charge in [0.15, 0.2) is 0 Å². The summed E-state index contributed by atoms with van der Waals surface area (Å²) in [4.78, 5) is 52.9. The van der Waals surface area contributed by atoms with Crippen LogP contribution in [0.4, 0.5) is 5.69 Å². The van der Waals surface area contributed by atoms with Crippen LogP contribution in [-0.2, 0) is 36.8 Å². The van der Waals surface area contributed by atoms with Crippen LogP contribution in [0.25, 0.3) is 0 Å². The van der Waals surface area contributed by atoms with Crippen molar-refractivity contribution in [3.63, 3.8) is 0 Å². The Morgan fingerprint density at radius 3 is 1.93 bits per heavy atom. The van der Waals surface area contributed by atoms with E-state index in [1.54, 1.807) is 20.9 Å². The minimum absolute atomic E-state index is 0.0652. The van der Waals surface area contributed by atoms with Gasteiger partial charge in [0.1, 0.15) is 12.6 Å². The summed E-state index contributed by atoms with van der Waals surface area (Å²) in [6.45, 7) is 12.8. The lowest BCUT2D eigenvalue weighted by Gasteiger charge is -2.12. The molecular formula is C35H57N5O5. The maximum Gasteiger partial charge on any atom is 0.237 e. The van der Waals surface area contributed by atoms with Crippen molar-refractivity contribution in [1.29, 1.82) is 0 Å². The molecule has 0 spiro atoms. The molecule has 252 valence electrons. The molecule has 45 heavy (non-hydrogen) atoms. The highest BCUT2D eigenvalue weighted by Crippen LogP contribution is 2.14. The first-order valence-corrected chi connectivity index (χ1v) is 15.5. The van der Waals surface area contributed by atoms with Crippen molar-refractivity contribution in [3.8, 4) is 0 Å². The predicted molar refractivity (Wildman–Crippen MR) is 184 cm³/mol. The van der Waals surface area contributed by atoms with E-state index >= 15 is 0 Å². The molecule has 1 aliphatic rings. The second-order valence-corrected chi connectivity index (χ2v) is 11.1. The third-order valence-corrected chi connectivity index (χ3v) is 6.65. The Kier molecular flexibility index (Phi) is 26.6. The SMILES string of the molecule is CC(C)Cc1ccc(NC(=O)CCc2ccccc2)cc1.CC1CCCN1C.CC=O.CNC(C)C(=O)NC(C)C=O.NC=O. The number of benzene rings is 2. The van der Waals surface area contributed by atoms with Crippen LogP contribution in [0.1, 0.15) is 71.9 Å². The van der Waals surface area contributed by atoms with Crippen LogP contribution in [0.5, 0.6) is 0 Å². The van der Waals surface area contributed by atoms with E-state index in [1.165, 1.54) is 37.4 Å². The van der Waals surface area contributed by atoms with Crippen LogP contribution in [-0.4, -0.2) is 74.5 Å². The molecule has 1 heterocycles. The number of rotatable bonds is 10. The number of likely N-dealkylation sites (tertiary alicyclic amines) is 1. The first kappa shape index (κ1) is 43.2. The Hall–Kier alpha value is -3.89. The van der Waals surface area contributed by atoms with E-state index < -0.39 is 6.04 Å². The topological polar surface area (TPSA) is 151 Å². The van der Waals surface area contributed by atoms with E-state index in [2.05, 4.69) is 66.5 Å². The Morgan fingerprint density at radius 2 is 1.53 bits per heavy atom. The number of amides is 3. The van der Waals surface area contributed by atoms with Crippen molar-refractivity contribution in [2.75, 3.05) is 26.0 Å². The monoisotopic (exact) mass is 627 g/mol. The van der Waals surface area contributed by atoms with E-state index in [9.17, 15) is 14.4 Å². The average molecular weight is 628 g/mol. The van der Waals surface area contributed by atoms with Crippen LogP contribution in [0.2, 0.25) is 0 Å². The third kappa shape index (κ3) is 24.2. The molecule has 3 unspecified atom stereocenters. The van der Waals surface area contributed by atoms with E-state index in [1.807, 2.05) is 42.5 Å². The lowest BCUT2D eigenvalue weighted by atomic mass is 10.0. The van der Waals surface area contributed by atoms with Gasteiger partial charge in [-0.2, -0.15) is 0 Å². The second-order valence-electron chi connectivity index (χ2n) is 11.1. The van der Waals surface area contributed by atoms with Crippen molar-refractivity contribution in [1.82, 2.24) is 15.5 Å². The number of nitrogens with zero attached hydrogens (tertiary/aromatic N) is 1. The molecule has 0 saturated carbocycles. The summed E-state index contributed by atoms with van der Waals surface area (Å²) >= 11 is 0. The number of nitrogens with one attached hydrogen (secondary N) is 3. The zero-order valence-electron chi connectivity index (χ0n) is 28.5. The molecule has 10 heteroatoms. The molecule has 1 fully saturated rings. The van der Waals surface area contributed by atoms with Crippen molar-refractivity contribution in [2.24, 2.45) is 11.7 Å². The van der Waals surface area contributed by atoms with Gasteiger partial charge in [0.2, 0.25) is 18.2 Å². The van der Waals surface area contributed by atoms with Crippen LogP contribution in [0, 0.1) is 5.92 Å². The Morgan fingerprint density at radius 1 is 0.978 bits per heavy atom. The largest absolute Gasteiger partial charge is 0.372 e. The van der Waals surface area contributed by atoms with Gasteiger partial charge in [-0.05, 0) is 103 Å². The fourth-order valence-corrected chi connectivity index (χ4v) is 3.91. The van der Waals surface area contributed by atoms with Gasteiger partial charge in [0, 0.05) is 18.2 Å². The van der Waals surface area contributed by atoms with Gasteiger partial charge < -0.3 is 36.2 Å². The molecule has 0 bridgehead atoms. The number of primary amides is 1. The number of anilines is 1. The average Bonchev–Trinajstić information content (AvgIpc) is 3.39. The number of aldehydes is 2. The zero-order valence-corrected chi connectivity index (χ0v) is 28.5. The molecule has 0 radical (unpaired) electrons. The number of likely N-dealkylation sites (N-methyl/N-ethyl adjacent to an activating group) is 1. The minimum atomic E-state index is -0.404. The number of hydrogen-bond acceptors (Lipinski definition) is 7. The van der Waals surface area contributed by atoms with Crippen molar-refractivity contribution in [3.05, 3.63) is 65.7 Å².